The highest BCUT2D eigenvalue weighted by Crippen LogP contribution is 2.19. The average Bonchev–Trinajstić information content (AvgIpc) is 2.87. The number of aromatic nitrogens is 2. The molecule has 1 fully saturated rings. The van der Waals surface area contributed by atoms with Crippen molar-refractivity contribution >= 4 is 18.3 Å². The maximum absolute atomic E-state index is 12.4. The van der Waals surface area contributed by atoms with Crippen LogP contribution in [0.4, 0.5) is 0 Å². The van der Waals surface area contributed by atoms with E-state index in [0.29, 0.717) is 5.92 Å². The van der Waals surface area contributed by atoms with Gasteiger partial charge in [0.15, 0.2) is 0 Å². The fourth-order valence-corrected chi connectivity index (χ4v) is 2.68. The van der Waals surface area contributed by atoms with Crippen LogP contribution in [0.3, 0.4) is 0 Å². The van der Waals surface area contributed by atoms with Crippen molar-refractivity contribution in [2.45, 2.75) is 31.8 Å². The molecule has 0 aliphatic carbocycles. The number of rotatable bonds is 5. The molecule has 2 heterocycles. The van der Waals surface area contributed by atoms with Gasteiger partial charge < -0.3 is 15.4 Å². The summed E-state index contributed by atoms with van der Waals surface area (Å²) in [5, 5.41) is 10.3. The number of halogens is 1. The molecule has 0 radical (unpaired) electrons. The van der Waals surface area contributed by atoms with Crippen molar-refractivity contribution in [2.24, 2.45) is 13.0 Å². The fraction of sp³-hybridized carbons (Fsp3) is 0.714. The maximum Gasteiger partial charge on any atom is 0.242 e. The van der Waals surface area contributed by atoms with E-state index in [1.807, 2.05) is 13.2 Å². The van der Waals surface area contributed by atoms with Gasteiger partial charge in [-0.15, -0.1) is 12.4 Å². The van der Waals surface area contributed by atoms with Gasteiger partial charge in [0.2, 0.25) is 5.91 Å². The van der Waals surface area contributed by atoms with E-state index in [4.69, 9.17) is 4.74 Å². The summed E-state index contributed by atoms with van der Waals surface area (Å²) < 4.78 is 7.06. The lowest BCUT2D eigenvalue weighted by atomic mass is 9.92. The zero-order chi connectivity index (χ0) is 14.5. The Bertz CT molecular complexity index is 446. The zero-order valence-electron chi connectivity index (χ0n) is 12.8. The molecule has 120 valence electrons. The topological polar surface area (TPSA) is 68.2 Å². The lowest BCUT2D eigenvalue weighted by Crippen LogP contribution is -2.44. The van der Waals surface area contributed by atoms with Gasteiger partial charge in [0, 0.05) is 38.1 Å². The third-order valence-corrected chi connectivity index (χ3v) is 3.95. The van der Waals surface area contributed by atoms with Gasteiger partial charge in [-0.2, -0.15) is 5.10 Å². The smallest absolute Gasteiger partial charge is 0.242 e. The number of hydrogen-bond donors (Lipinski definition) is 2. The Morgan fingerprint density at radius 3 is 2.67 bits per heavy atom. The van der Waals surface area contributed by atoms with Crippen LogP contribution < -0.4 is 10.6 Å². The predicted molar refractivity (Wildman–Crippen MR) is 83.4 cm³/mol. The molecule has 1 aliphatic heterocycles. The summed E-state index contributed by atoms with van der Waals surface area (Å²) in [7, 11) is 3.63. The molecule has 0 spiro atoms. The zero-order valence-corrected chi connectivity index (χ0v) is 13.7. The highest BCUT2D eigenvalue weighted by atomic mass is 35.5. The number of carbonyl (C=O) groups excluding carboxylic acids is 1. The first-order valence-electron chi connectivity index (χ1n) is 7.15. The number of amides is 1. The Kier molecular flexibility index (Phi) is 7.14. The monoisotopic (exact) mass is 316 g/mol. The van der Waals surface area contributed by atoms with Crippen LogP contribution in [0, 0.1) is 5.92 Å². The summed E-state index contributed by atoms with van der Waals surface area (Å²) in [6.45, 7) is 3.66. The average molecular weight is 317 g/mol. The summed E-state index contributed by atoms with van der Waals surface area (Å²) >= 11 is 0. The normalized spacial score (nSPS) is 18.6. The van der Waals surface area contributed by atoms with E-state index in [9.17, 15) is 4.79 Å². The third-order valence-electron chi connectivity index (χ3n) is 3.95. The van der Waals surface area contributed by atoms with Crippen molar-refractivity contribution < 1.29 is 9.53 Å². The van der Waals surface area contributed by atoms with Gasteiger partial charge in [0.25, 0.3) is 0 Å². The molecule has 2 rings (SSSR count). The molecular weight excluding hydrogens is 292 g/mol. The molecule has 7 heteroatoms. The van der Waals surface area contributed by atoms with Crippen molar-refractivity contribution in [1.82, 2.24) is 20.4 Å². The van der Waals surface area contributed by atoms with Gasteiger partial charge in [0.05, 0.1) is 6.20 Å². The van der Waals surface area contributed by atoms with E-state index in [2.05, 4.69) is 22.7 Å². The van der Waals surface area contributed by atoms with E-state index in [-0.39, 0.29) is 30.4 Å². The molecular formula is C14H25ClN4O2. The van der Waals surface area contributed by atoms with Gasteiger partial charge in [0.1, 0.15) is 6.04 Å². The minimum absolute atomic E-state index is 0. The molecule has 1 aromatic rings. The van der Waals surface area contributed by atoms with Crippen LogP contribution in [0.2, 0.25) is 0 Å². The largest absolute Gasteiger partial charge is 0.381 e. The lowest BCUT2D eigenvalue weighted by molar-refractivity contribution is -0.124. The molecule has 0 bridgehead atoms. The first kappa shape index (κ1) is 17.9. The Balaban J connectivity index is 0.00000220. The molecule has 0 aromatic carbocycles. The summed E-state index contributed by atoms with van der Waals surface area (Å²) in [5.74, 6) is 0.499. The van der Waals surface area contributed by atoms with Crippen molar-refractivity contribution in [3.63, 3.8) is 0 Å². The van der Waals surface area contributed by atoms with E-state index >= 15 is 0 Å². The van der Waals surface area contributed by atoms with Crippen molar-refractivity contribution in [2.75, 3.05) is 20.3 Å². The van der Waals surface area contributed by atoms with Crippen LogP contribution in [0.25, 0.3) is 0 Å². The summed E-state index contributed by atoms with van der Waals surface area (Å²) in [4.78, 5) is 12.4. The van der Waals surface area contributed by atoms with Crippen LogP contribution in [0.1, 0.15) is 31.4 Å². The second kappa shape index (κ2) is 8.36. The van der Waals surface area contributed by atoms with Crippen molar-refractivity contribution in [3.05, 3.63) is 18.0 Å². The highest BCUT2D eigenvalue weighted by molar-refractivity contribution is 5.85. The van der Waals surface area contributed by atoms with Gasteiger partial charge in [-0.1, -0.05) is 0 Å². The number of aryl methyl sites for hydroxylation is 1. The summed E-state index contributed by atoms with van der Waals surface area (Å²) in [5.41, 5.74) is 0.881. The number of ether oxygens (including phenoxy) is 1. The van der Waals surface area contributed by atoms with Crippen LogP contribution in [-0.4, -0.2) is 42.0 Å². The number of carbonyl (C=O) groups is 1. The van der Waals surface area contributed by atoms with Gasteiger partial charge >= 0.3 is 0 Å². The molecule has 2 N–H and O–H groups in total. The second-order valence-corrected chi connectivity index (χ2v) is 5.42. The molecule has 21 heavy (non-hydrogen) atoms. The predicted octanol–water partition coefficient (Wildman–Crippen LogP) is 1.03. The molecule has 2 unspecified atom stereocenters. The van der Waals surface area contributed by atoms with Crippen molar-refractivity contribution in [1.29, 1.82) is 0 Å². The van der Waals surface area contributed by atoms with Crippen LogP contribution >= 0.6 is 12.4 Å². The fourth-order valence-electron chi connectivity index (χ4n) is 2.68. The second-order valence-electron chi connectivity index (χ2n) is 5.42. The van der Waals surface area contributed by atoms with Gasteiger partial charge in [-0.05, 0) is 32.7 Å². The number of nitrogens with one attached hydrogen (secondary N) is 2. The Labute approximate surface area is 132 Å². The quantitative estimate of drug-likeness (QED) is 0.851. The highest BCUT2D eigenvalue weighted by Gasteiger charge is 2.26. The van der Waals surface area contributed by atoms with Gasteiger partial charge in [-0.25, -0.2) is 0 Å². The molecule has 2 atom stereocenters. The van der Waals surface area contributed by atoms with Crippen LogP contribution in [-0.2, 0) is 16.6 Å². The van der Waals surface area contributed by atoms with E-state index in [1.54, 1.807) is 17.9 Å². The van der Waals surface area contributed by atoms with Gasteiger partial charge in [-0.3, -0.25) is 9.48 Å². The van der Waals surface area contributed by atoms with E-state index < -0.39 is 0 Å². The first-order chi connectivity index (χ1) is 9.61. The van der Waals surface area contributed by atoms with E-state index in [1.165, 1.54) is 0 Å². The Morgan fingerprint density at radius 2 is 2.14 bits per heavy atom. The lowest BCUT2D eigenvalue weighted by Gasteiger charge is -2.29. The van der Waals surface area contributed by atoms with Crippen LogP contribution in [0.5, 0.6) is 0 Å². The molecule has 0 saturated carbocycles. The minimum Gasteiger partial charge on any atom is -0.381 e. The summed E-state index contributed by atoms with van der Waals surface area (Å²) in [6.07, 6.45) is 5.61. The van der Waals surface area contributed by atoms with Crippen LogP contribution in [0.15, 0.2) is 12.4 Å². The number of hydrogen-bond acceptors (Lipinski definition) is 4. The molecule has 1 aromatic heterocycles. The molecule has 1 saturated heterocycles. The summed E-state index contributed by atoms with van der Waals surface area (Å²) in [6, 6.07) is -0.190. The minimum atomic E-state index is -0.356. The van der Waals surface area contributed by atoms with E-state index in [0.717, 1.165) is 31.6 Å². The molecule has 1 amide bonds. The Hall–Kier alpha value is -1.11. The SMILES string of the molecule is CNC(C(=O)NC(C)C1CCOCC1)c1cnn(C)c1.Cl. The third kappa shape index (κ3) is 4.69. The number of likely N-dealkylation sites (N-methyl/N-ethyl adjacent to an activating group) is 1. The maximum atomic E-state index is 12.4. The number of nitrogens with zero attached hydrogens (tertiary/aromatic N) is 2. The van der Waals surface area contributed by atoms with Crippen molar-refractivity contribution in [3.8, 4) is 0 Å². The molecule has 6 nitrogen and oxygen atoms in total. The standard InChI is InChI=1S/C14H24N4O2.ClH/c1-10(11-4-6-20-7-5-11)17-14(19)13(15-2)12-8-16-18(3)9-12;/h8-11,13,15H,4-7H2,1-3H3,(H,17,19);1H. The Morgan fingerprint density at radius 1 is 1.48 bits per heavy atom. The first-order valence-corrected chi connectivity index (χ1v) is 7.15. The molecule has 1 aliphatic rings.